The summed E-state index contributed by atoms with van der Waals surface area (Å²) in [7, 11) is 0. The number of nitrogens with one attached hydrogen (secondary N) is 2. The summed E-state index contributed by atoms with van der Waals surface area (Å²) in [5.74, 6) is 0.0538. The molecule has 0 atom stereocenters. The Hall–Kier alpha value is -4.43. The van der Waals surface area contributed by atoms with Crippen LogP contribution in [0.1, 0.15) is 51.7 Å². The molecule has 2 amide bonds. The van der Waals surface area contributed by atoms with Gasteiger partial charge in [-0.15, -0.1) is 11.3 Å². The number of phenolic OH excluding ortho intramolecular Hbond substituents is 1. The molecule has 0 saturated heterocycles. The lowest BCUT2D eigenvalue weighted by Crippen LogP contribution is -2.31. The van der Waals surface area contributed by atoms with Gasteiger partial charge in [-0.05, 0) is 67.1 Å². The number of aromatic nitrogens is 2. The zero-order valence-corrected chi connectivity index (χ0v) is 22.3. The normalized spacial score (nSPS) is 13.3. The molecule has 1 saturated carbocycles. The first-order valence-corrected chi connectivity index (χ1v) is 13.8. The van der Waals surface area contributed by atoms with Crippen molar-refractivity contribution in [2.24, 2.45) is 0 Å². The summed E-state index contributed by atoms with van der Waals surface area (Å²) in [5.41, 5.74) is 4.47. The van der Waals surface area contributed by atoms with Gasteiger partial charge < -0.3 is 15.7 Å². The summed E-state index contributed by atoms with van der Waals surface area (Å²) >= 11 is 1.43. The monoisotopic (exact) mass is 536 g/mol. The fourth-order valence-electron chi connectivity index (χ4n) is 4.75. The highest BCUT2D eigenvalue weighted by Crippen LogP contribution is 2.39. The molecule has 196 valence electrons. The van der Waals surface area contributed by atoms with E-state index in [1.54, 1.807) is 12.1 Å². The molecule has 0 aliphatic heterocycles. The van der Waals surface area contributed by atoms with Crippen LogP contribution in [-0.2, 0) is 6.54 Å². The van der Waals surface area contributed by atoms with Crippen molar-refractivity contribution in [2.45, 2.75) is 38.6 Å². The minimum Gasteiger partial charge on any atom is -0.507 e. The number of aryl methyl sites for hydroxylation is 1. The topological polar surface area (TPSA) is 96.3 Å². The van der Waals surface area contributed by atoms with Crippen molar-refractivity contribution >= 4 is 39.0 Å². The Labute approximate surface area is 230 Å². The van der Waals surface area contributed by atoms with Gasteiger partial charge in [-0.25, -0.2) is 4.79 Å². The second kappa shape index (κ2) is 10.4. The van der Waals surface area contributed by atoms with Crippen molar-refractivity contribution in [1.82, 2.24) is 15.1 Å². The van der Waals surface area contributed by atoms with Crippen LogP contribution < -0.4 is 10.6 Å². The zero-order chi connectivity index (χ0) is 26.9. The quantitative estimate of drug-likeness (QED) is 0.203. The van der Waals surface area contributed by atoms with Gasteiger partial charge in [-0.3, -0.25) is 4.79 Å². The first-order valence-electron chi connectivity index (χ1n) is 13.0. The molecule has 8 heteroatoms. The first kappa shape index (κ1) is 24.9. The lowest BCUT2D eigenvalue weighted by molar-refractivity contribution is 0.103. The molecular weight excluding hydrogens is 508 g/mol. The Morgan fingerprint density at radius 3 is 2.56 bits per heavy atom. The van der Waals surface area contributed by atoms with Crippen LogP contribution in [0.15, 0.2) is 78.9 Å². The zero-order valence-electron chi connectivity index (χ0n) is 21.5. The van der Waals surface area contributed by atoms with E-state index in [0.29, 0.717) is 28.4 Å². The van der Waals surface area contributed by atoms with Gasteiger partial charge in [0.25, 0.3) is 5.91 Å². The van der Waals surface area contributed by atoms with Crippen LogP contribution in [-0.4, -0.2) is 26.8 Å². The van der Waals surface area contributed by atoms with Crippen molar-refractivity contribution in [3.05, 3.63) is 101 Å². The number of phenols is 1. The molecule has 3 N–H and O–H groups in total. The van der Waals surface area contributed by atoms with E-state index in [-0.39, 0.29) is 23.6 Å². The van der Waals surface area contributed by atoms with E-state index in [0.717, 1.165) is 46.2 Å². The third-order valence-corrected chi connectivity index (χ3v) is 8.31. The second-order valence-corrected chi connectivity index (χ2v) is 11.1. The van der Waals surface area contributed by atoms with Crippen LogP contribution in [0.5, 0.6) is 5.75 Å². The maximum absolute atomic E-state index is 13.2. The lowest BCUT2D eigenvalue weighted by atomic mass is 9.82. The minimum absolute atomic E-state index is 0.0275. The summed E-state index contributed by atoms with van der Waals surface area (Å²) < 4.78 is 2.47. The third kappa shape index (κ3) is 5.15. The maximum atomic E-state index is 13.2. The highest BCUT2D eigenvalue weighted by Gasteiger charge is 2.27. The van der Waals surface area contributed by atoms with E-state index >= 15 is 0 Å². The van der Waals surface area contributed by atoms with Crippen molar-refractivity contribution < 1.29 is 14.7 Å². The van der Waals surface area contributed by atoms with Gasteiger partial charge in [0, 0.05) is 28.4 Å². The van der Waals surface area contributed by atoms with Gasteiger partial charge in [-0.1, -0.05) is 54.4 Å². The summed E-state index contributed by atoms with van der Waals surface area (Å²) in [4.78, 5) is 26.8. The van der Waals surface area contributed by atoms with Gasteiger partial charge in [0.05, 0.1) is 16.3 Å². The van der Waals surface area contributed by atoms with Crippen LogP contribution in [0.25, 0.3) is 21.3 Å². The molecule has 0 unspecified atom stereocenters. The van der Waals surface area contributed by atoms with E-state index in [1.807, 2.05) is 67.6 Å². The number of aromatic hydroxyl groups is 1. The van der Waals surface area contributed by atoms with Crippen LogP contribution in [0.3, 0.4) is 0 Å². The largest absolute Gasteiger partial charge is 0.507 e. The number of rotatable bonds is 6. The fourth-order valence-corrected chi connectivity index (χ4v) is 5.71. The molecule has 2 aromatic heterocycles. The first-order chi connectivity index (χ1) is 18.9. The molecular formula is C31H28N4O3S. The average molecular weight is 537 g/mol. The minimum atomic E-state index is -0.308. The van der Waals surface area contributed by atoms with Gasteiger partial charge in [-0.2, -0.15) is 9.78 Å². The smallest absolute Gasteiger partial charge is 0.342 e. The molecule has 1 aliphatic rings. The van der Waals surface area contributed by atoms with Crippen LogP contribution in [0.4, 0.5) is 10.5 Å². The maximum Gasteiger partial charge on any atom is 0.342 e. The summed E-state index contributed by atoms with van der Waals surface area (Å²) in [6, 6.07) is 24.2. The van der Waals surface area contributed by atoms with Gasteiger partial charge >= 0.3 is 6.03 Å². The molecule has 0 bridgehead atoms. The Morgan fingerprint density at radius 2 is 1.82 bits per heavy atom. The Bertz CT molecular complexity index is 1650. The number of anilines is 1. The molecule has 0 radical (unpaired) electrons. The molecule has 7 nitrogen and oxygen atoms in total. The highest BCUT2D eigenvalue weighted by molar-refractivity contribution is 7.20. The fraction of sp³-hybridized carbons (Fsp3) is 0.194. The number of nitrogens with zero attached hydrogens (tertiary/aromatic N) is 2. The van der Waals surface area contributed by atoms with Crippen molar-refractivity contribution in [3.8, 4) is 17.0 Å². The second-order valence-electron chi connectivity index (χ2n) is 9.97. The van der Waals surface area contributed by atoms with Gasteiger partial charge in [0.15, 0.2) is 0 Å². The summed E-state index contributed by atoms with van der Waals surface area (Å²) in [5, 5.41) is 22.2. The summed E-state index contributed by atoms with van der Waals surface area (Å²) in [6.07, 6.45) is 3.10. The van der Waals surface area contributed by atoms with Crippen molar-refractivity contribution in [3.63, 3.8) is 0 Å². The lowest BCUT2D eigenvalue weighted by Gasteiger charge is -2.25. The molecule has 1 fully saturated rings. The van der Waals surface area contributed by atoms with Gasteiger partial charge in [0.2, 0.25) is 0 Å². The van der Waals surface area contributed by atoms with Crippen LogP contribution >= 0.6 is 11.3 Å². The number of benzene rings is 3. The number of hydrogen-bond donors (Lipinski definition) is 3. The van der Waals surface area contributed by atoms with E-state index in [4.69, 9.17) is 0 Å². The molecule has 39 heavy (non-hydrogen) atoms. The average Bonchev–Trinajstić information content (AvgIpc) is 3.53. The number of fused-ring (bicyclic) bond motifs is 1. The van der Waals surface area contributed by atoms with E-state index in [2.05, 4.69) is 15.7 Å². The Kier molecular flexibility index (Phi) is 6.62. The number of thiophene rings is 1. The van der Waals surface area contributed by atoms with Gasteiger partial charge in [0.1, 0.15) is 5.75 Å². The van der Waals surface area contributed by atoms with E-state index in [9.17, 15) is 14.7 Å². The van der Waals surface area contributed by atoms with Crippen LogP contribution in [0, 0.1) is 6.92 Å². The molecule has 1 aliphatic carbocycles. The predicted molar refractivity (Wildman–Crippen MR) is 155 cm³/mol. The van der Waals surface area contributed by atoms with Crippen LogP contribution in [0.2, 0.25) is 0 Å². The predicted octanol–water partition coefficient (Wildman–Crippen LogP) is 7.06. The number of carbonyl (C=O) groups is 2. The Morgan fingerprint density at radius 1 is 1.03 bits per heavy atom. The highest BCUT2D eigenvalue weighted by atomic mass is 32.1. The van der Waals surface area contributed by atoms with E-state index in [1.165, 1.54) is 22.1 Å². The van der Waals surface area contributed by atoms with Crippen molar-refractivity contribution in [1.29, 1.82) is 0 Å². The molecule has 6 rings (SSSR count). The molecule has 5 aromatic rings. The molecule has 0 spiro atoms. The number of carbonyl (C=O) groups excluding carboxylic acids is 2. The molecule has 3 aromatic carbocycles. The number of hydrogen-bond acceptors (Lipinski definition) is 5. The SMILES string of the molecule is Cc1ccc(CNC(=O)n2nc(-c3cc(NC(=O)c4cc5ccccc5s4)ccc3O)cc2C2CCC2)cc1. The third-order valence-electron chi connectivity index (χ3n) is 7.20. The van der Waals surface area contributed by atoms with E-state index < -0.39 is 0 Å². The standard InChI is InChI=1S/C31H28N4O3S/c1-19-9-11-20(12-10-19)18-32-31(38)35-26(21-6-4-7-21)17-25(34-35)24-16-23(13-14-27(24)36)33-30(37)29-15-22-5-2-3-8-28(22)39-29/h2-3,5,8-17,21,36H,4,6-7,18H2,1H3,(H,32,38)(H,33,37). The van der Waals surface area contributed by atoms with Crippen molar-refractivity contribution in [2.75, 3.05) is 5.32 Å². The summed E-state index contributed by atoms with van der Waals surface area (Å²) in [6.45, 7) is 2.42. The Balaban J connectivity index is 1.25. The number of amides is 2. The molecule has 2 heterocycles.